The molecule has 0 fully saturated rings. The van der Waals surface area contributed by atoms with Crippen LogP contribution >= 0.6 is 0 Å². The van der Waals surface area contributed by atoms with Crippen LogP contribution in [0.1, 0.15) is 31.7 Å². The molecule has 0 bridgehead atoms. The first-order chi connectivity index (χ1) is 11.5. The minimum Gasteiger partial charge on any atom is -0.341 e. The Morgan fingerprint density at radius 3 is 2.67 bits per heavy atom. The standard InChI is InChI=1S/C19H23NO3S/c1-3-5-15-20-24(21,22)19(23-16-4-2)13-11-18(12-14-19)17-9-7-6-8-10-17/h2,6-13,20H,3,5,14-16H2,1H3. The van der Waals surface area contributed by atoms with Crippen molar-refractivity contribution in [2.75, 3.05) is 13.2 Å². The lowest BCUT2D eigenvalue weighted by Crippen LogP contribution is -2.47. The van der Waals surface area contributed by atoms with E-state index in [4.69, 9.17) is 11.2 Å². The van der Waals surface area contributed by atoms with E-state index in [9.17, 15) is 8.42 Å². The Bertz CT molecular complexity index is 745. The summed E-state index contributed by atoms with van der Waals surface area (Å²) in [5, 5.41) is 0. The molecule has 1 aromatic carbocycles. The Morgan fingerprint density at radius 1 is 1.33 bits per heavy atom. The van der Waals surface area contributed by atoms with Crippen molar-refractivity contribution in [3.8, 4) is 12.3 Å². The van der Waals surface area contributed by atoms with Gasteiger partial charge in [0, 0.05) is 13.0 Å². The molecule has 128 valence electrons. The molecule has 1 aliphatic rings. The van der Waals surface area contributed by atoms with Gasteiger partial charge >= 0.3 is 0 Å². The largest absolute Gasteiger partial charge is 0.341 e. The summed E-state index contributed by atoms with van der Waals surface area (Å²) in [7, 11) is -3.69. The summed E-state index contributed by atoms with van der Waals surface area (Å²) in [6.07, 6.45) is 12.4. The number of nitrogens with one attached hydrogen (secondary N) is 1. The van der Waals surface area contributed by atoms with Gasteiger partial charge in [-0.05, 0) is 23.6 Å². The third kappa shape index (κ3) is 4.15. The molecule has 0 amide bonds. The van der Waals surface area contributed by atoms with Crippen molar-refractivity contribution in [2.24, 2.45) is 0 Å². The number of benzene rings is 1. The van der Waals surface area contributed by atoms with Crippen LogP contribution in [0, 0.1) is 12.3 Å². The molecule has 1 aliphatic carbocycles. The summed E-state index contributed by atoms with van der Waals surface area (Å²) >= 11 is 0. The van der Waals surface area contributed by atoms with Crippen LogP contribution in [0.3, 0.4) is 0 Å². The maximum absolute atomic E-state index is 12.7. The Balaban J connectivity index is 2.24. The molecule has 1 aromatic rings. The quantitative estimate of drug-likeness (QED) is 0.582. The van der Waals surface area contributed by atoms with Crippen molar-refractivity contribution in [3.05, 3.63) is 54.1 Å². The van der Waals surface area contributed by atoms with E-state index in [2.05, 4.69) is 10.6 Å². The predicted molar refractivity (Wildman–Crippen MR) is 97.5 cm³/mol. The second-order valence-electron chi connectivity index (χ2n) is 5.62. The van der Waals surface area contributed by atoms with Crippen LogP contribution in [0.5, 0.6) is 0 Å². The second-order valence-corrected chi connectivity index (χ2v) is 7.61. The Kier molecular flexibility index (Phi) is 6.38. The van der Waals surface area contributed by atoms with Crippen LogP contribution in [0.4, 0.5) is 0 Å². The fourth-order valence-electron chi connectivity index (χ4n) is 2.50. The van der Waals surface area contributed by atoms with Gasteiger partial charge in [0.1, 0.15) is 6.61 Å². The first kappa shape index (κ1) is 18.5. The molecule has 0 radical (unpaired) electrons. The van der Waals surface area contributed by atoms with Crippen molar-refractivity contribution in [2.45, 2.75) is 31.1 Å². The SMILES string of the molecule is C#CCOC1(S(=O)(=O)NCCCC)C=CC(c2ccccc2)=CC1. The van der Waals surface area contributed by atoms with E-state index in [-0.39, 0.29) is 13.0 Å². The minimum atomic E-state index is -3.69. The molecule has 0 heterocycles. The van der Waals surface area contributed by atoms with Crippen LogP contribution in [-0.4, -0.2) is 26.5 Å². The first-order valence-corrected chi connectivity index (χ1v) is 9.54. The van der Waals surface area contributed by atoms with E-state index in [0.29, 0.717) is 6.54 Å². The maximum atomic E-state index is 12.7. The number of rotatable bonds is 8. The molecule has 2 rings (SSSR count). The van der Waals surface area contributed by atoms with Crippen LogP contribution in [0.15, 0.2) is 48.6 Å². The molecule has 0 spiro atoms. The fourth-order valence-corrected chi connectivity index (χ4v) is 3.92. The predicted octanol–water partition coefficient (Wildman–Crippen LogP) is 3.10. The monoisotopic (exact) mass is 345 g/mol. The third-order valence-electron chi connectivity index (χ3n) is 3.91. The van der Waals surface area contributed by atoms with Gasteiger partial charge in [0.05, 0.1) is 0 Å². The Labute approximate surface area is 144 Å². The van der Waals surface area contributed by atoms with Gasteiger partial charge in [-0.25, -0.2) is 13.1 Å². The lowest BCUT2D eigenvalue weighted by Gasteiger charge is -2.31. The summed E-state index contributed by atoms with van der Waals surface area (Å²) < 4.78 is 33.7. The Hall–Kier alpha value is -1.87. The molecule has 0 saturated carbocycles. The molecule has 0 aromatic heterocycles. The topological polar surface area (TPSA) is 55.4 Å². The first-order valence-electron chi connectivity index (χ1n) is 8.06. The van der Waals surface area contributed by atoms with Gasteiger partial charge in [0.15, 0.2) is 0 Å². The highest BCUT2D eigenvalue weighted by Crippen LogP contribution is 2.33. The highest BCUT2D eigenvalue weighted by Gasteiger charge is 2.43. The Morgan fingerprint density at radius 2 is 2.08 bits per heavy atom. The van der Waals surface area contributed by atoms with Crippen molar-refractivity contribution in [3.63, 3.8) is 0 Å². The zero-order valence-corrected chi connectivity index (χ0v) is 14.7. The molecular formula is C19H23NO3S. The molecule has 5 heteroatoms. The molecule has 4 nitrogen and oxygen atoms in total. The summed E-state index contributed by atoms with van der Waals surface area (Å²) in [6.45, 7) is 2.34. The van der Waals surface area contributed by atoms with Crippen molar-refractivity contribution in [1.29, 1.82) is 0 Å². The van der Waals surface area contributed by atoms with Gasteiger partial charge in [-0.1, -0.05) is 61.7 Å². The van der Waals surface area contributed by atoms with Gasteiger partial charge in [0.2, 0.25) is 15.0 Å². The van der Waals surface area contributed by atoms with E-state index in [1.165, 1.54) is 0 Å². The zero-order valence-electron chi connectivity index (χ0n) is 13.9. The lowest BCUT2D eigenvalue weighted by atomic mass is 9.98. The van der Waals surface area contributed by atoms with Gasteiger partial charge < -0.3 is 4.74 Å². The van der Waals surface area contributed by atoms with Gasteiger partial charge in [0.25, 0.3) is 0 Å². The van der Waals surface area contributed by atoms with E-state index < -0.39 is 15.0 Å². The van der Waals surface area contributed by atoms with Crippen molar-refractivity contribution in [1.82, 2.24) is 4.72 Å². The number of hydrogen-bond acceptors (Lipinski definition) is 3. The molecule has 0 aliphatic heterocycles. The van der Waals surface area contributed by atoms with E-state index in [0.717, 1.165) is 24.0 Å². The van der Waals surface area contributed by atoms with Crippen LogP contribution in [0.25, 0.3) is 5.57 Å². The highest BCUT2D eigenvalue weighted by atomic mass is 32.2. The number of terminal acetylenes is 1. The second kappa shape index (κ2) is 8.29. The van der Waals surface area contributed by atoms with E-state index in [1.807, 2.05) is 43.3 Å². The molecule has 24 heavy (non-hydrogen) atoms. The maximum Gasteiger partial charge on any atom is 0.245 e. The summed E-state index contributed by atoms with van der Waals surface area (Å²) in [4.78, 5) is -1.45. The molecule has 1 unspecified atom stereocenters. The normalized spacial score (nSPS) is 20.4. The summed E-state index contributed by atoms with van der Waals surface area (Å²) in [5.41, 5.74) is 2.01. The molecule has 0 saturated heterocycles. The summed E-state index contributed by atoms with van der Waals surface area (Å²) in [5.74, 6) is 2.35. The highest BCUT2D eigenvalue weighted by molar-refractivity contribution is 7.90. The average molecular weight is 345 g/mol. The van der Waals surface area contributed by atoms with Crippen LogP contribution in [-0.2, 0) is 14.8 Å². The van der Waals surface area contributed by atoms with Crippen molar-refractivity contribution >= 4 is 15.6 Å². The minimum absolute atomic E-state index is 0.0620. The number of sulfonamides is 1. The van der Waals surface area contributed by atoms with E-state index >= 15 is 0 Å². The number of hydrogen-bond donors (Lipinski definition) is 1. The number of allylic oxidation sites excluding steroid dienone is 2. The molecule has 1 N–H and O–H groups in total. The fraction of sp³-hybridized carbons (Fsp3) is 0.368. The smallest absolute Gasteiger partial charge is 0.245 e. The van der Waals surface area contributed by atoms with Crippen molar-refractivity contribution < 1.29 is 13.2 Å². The van der Waals surface area contributed by atoms with Crippen LogP contribution in [0.2, 0.25) is 0 Å². The molecule has 1 atom stereocenters. The number of unbranched alkanes of at least 4 members (excludes halogenated alkanes) is 1. The lowest BCUT2D eigenvalue weighted by molar-refractivity contribution is 0.0770. The van der Waals surface area contributed by atoms with Crippen LogP contribution < -0.4 is 4.72 Å². The zero-order chi connectivity index (χ0) is 17.5. The van der Waals surface area contributed by atoms with Gasteiger partial charge in [-0.3, -0.25) is 0 Å². The third-order valence-corrected chi connectivity index (χ3v) is 5.82. The molecular weight excluding hydrogens is 322 g/mol. The van der Waals surface area contributed by atoms with E-state index in [1.54, 1.807) is 12.2 Å². The van der Waals surface area contributed by atoms with Gasteiger partial charge in [-0.15, -0.1) is 6.42 Å². The number of ether oxygens (including phenoxy) is 1. The van der Waals surface area contributed by atoms with Gasteiger partial charge in [-0.2, -0.15) is 0 Å². The summed E-state index contributed by atoms with van der Waals surface area (Å²) in [6, 6.07) is 9.81. The average Bonchev–Trinajstić information content (AvgIpc) is 2.61.